The predicted molar refractivity (Wildman–Crippen MR) is 126 cm³/mol. The quantitative estimate of drug-likeness (QED) is 0.199. The Labute approximate surface area is 181 Å². The van der Waals surface area contributed by atoms with E-state index in [9.17, 15) is 0 Å². The highest BCUT2D eigenvalue weighted by atomic mass is 127. The maximum atomic E-state index is 4.51. The lowest BCUT2D eigenvalue weighted by Gasteiger charge is -2.21. The Balaban J connectivity index is 0.00000625. The summed E-state index contributed by atoms with van der Waals surface area (Å²) in [5.41, 5.74) is 1.14. The Morgan fingerprint density at radius 2 is 2.00 bits per heavy atom. The highest BCUT2D eigenvalue weighted by molar-refractivity contribution is 14.0. The number of hydrogen-bond donors (Lipinski definition) is 2. The summed E-state index contributed by atoms with van der Waals surface area (Å²) in [5.74, 6) is 0.917. The summed E-state index contributed by atoms with van der Waals surface area (Å²) >= 11 is 1.77. The number of rotatable bonds is 12. The van der Waals surface area contributed by atoms with Crippen LogP contribution in [0.4, 0.5) is 0 Å². The molecule has 0 saturated heterocycles. The van der Waals surface area contributed by atoms with Crippen molar-refractivity contribution in [3.05, 3.63) is 16.1 Å². The lowest BCUT2D eigenvalue weighted by atomic mass is 10.2. The van der Waals surface area contributed by atoms with Crippen LogP contribution in [0.15, 0.2) is 10.4 Å². The Morgan fingerprint density at radius 3 is 2.58 bits per heavy atom. The van der Waals surface area contributed by atoms with Crippen molar-refractivity contribution in [2.24, 2.45) is 4.99 Å². The van der Waals surface area contributed by atoms with Crippen LogP contribution in [-0.2, 0) is 6.42 Å². The first-order chi connectivity index (χ1) is 12.1. The summed E-state index contributed by atoms with van der Waals surface area (Å²) in [6.07, 6.45) is 5.76. The number of aliphatic imine (C=N–C) groups is 1. The van der Waals surface area contributed by atoms with Crippen molar-refractivity contribution in [1.29, 1.82) is 0 Å². The first-order valence-electron chi connectivity index (χ1n) is 9.69. The third kappa shape index (κ3) is 11.3. The van der Waals surface area contributed by atoms with E-state index in [-0.39, 0.29) is 24.0 Å². The maximum absolute atomic E-state index is 4.51. The molecule has 1 rings (SSSR count). The highest BCUT2D eigenvalue weighted by Gasteiger charge is 2.06. The van der Waals surface area contributed by atoms with E-state index >= 15 is 0 Å². The summed E-state index contributed by atoms with van der Waals surface area (Å²) < 4.78 is 0. The molecule has 1 aromatic heterocycles. The van der Waals surface area contributed by atoms with E-state index in [1.165, 1.54) is 24.4 Å². The molecule has 26 heavy (non-hydrogen) atoms. The van der Waals surface area contributed by atoms with Crippen LogP contribution in [0.25, 0.3) is 0 Å². The van der Waals surface area contributed by atoms with E-state index in [2.05, 4.69) is 58.6 Å². The van der Waals surface area contributed by atoms with Gasteiger partial charge >= 0.3 is 0 Å². The number of hydrogen-bond acceptors (Lipinski definition) is 4. The van der Waals surface area contributed by atoms with Crippen molar-refractivity contribution < 1.29 is 0 Å². The van der Waals surface area contributed by atoms with Gasteiger partial charge in [-0.25, -0.2) is 4.98 Å². The molecule has 0 amide bonds. The first kappa shape index (κ1) is 25.6. The van der Waals surface area contributed by atoms with E-state index in [0.29, 0.717) is 6.04 Å². The molecule has 7 heteroatoms. The summed E-state index contributed by atoms with van der Waals surface area (Å²) in [6, 6.07) is 0.444. The van der Waals surface area contributed by atoms with Gasteiger partial charge in [0.15, 0.2) is 5.96 Å². The Kier molecular flexibility index (Phi) is 15.4. The molecule has 0 aliphatic carbocycles. The molecule has 0 saturated carbocycles. The Morgan fingerprint density at radius 1 is 1.27 bits per heavy atom. The second kappa shape index (κ2) is 15.6. The third-order valence-electron chi connectivity index (χ3n) is 4.39. The second-order valence-electron chi connectivity index (χ2n) is 6.55. The minimum Gasteiger partial charge on any atom is -0.356 e. The maximum Gasteiger partial charge on any atom is 0.191 e. The van der Waals surface area contributed by atoms with E-state index < -0.39 is 0 Å². The van der Waals surface area contributed by atoms with Gasteiger partial charge in [-0.05, 0) is 65.6 Å². The number of guanidine groups is 1. The molecule has 0 radical (unpaired) electrons. The molecular weight excluding hydrogens is 457 g/mol. The highest BCUT2D eigenvalue weighted by Crippen LogP contribution is 2.11. The standard InChI is InChI=1S/C19H37N5S.HI/c1-6-24(7-2)14-10-11-16(3)23-19(20-5)21-13-9-8-12-18-22-17(4)15-25-18;/h15-16H,6-14H2,1-5H3,(H2,20,21,23);1H. The topological polar surface area (TPSA) is 52.5 Å². The minimum atomic E-state index is 0. The molecule has 0 aromatic carbocycles. The summed E-state index contributed by atoms with van der Waals surface area (Å²) in [7, 11) is 1.84. The van der Waals surface area contributed by atoms with E-state index in [4.69, 9.17) is 0 Å². The first-order valence-corrected chi connectivity index (χ1v) is 10.6. The SMILES string of the molecule is CCN(CC)CCCC(C)NC(=NC)NCCCCc1nc(C)cs1.I. The number of nitrogens with one attached hydrogen (secondary N) is 2. The fraction of sp³-hybridized carbons (Fsp3) is 0.789. The van der Waals surface area contributed by atoms with Gasteiger partial charge in [-0.2, -0.15) is 0 Å². The van der Waals surface area contributed by atoms with Crippen LogP contribution >= 0.6 is 35.3 Å². The van der Waals surface area contributed by atoms with Crippen LogP contribution in [0.5, 0.6) is 0 Å². The van der Waals surface area contributed by atoms with Gasteiger partial charge in [0.1, 0.15) is 0 Å². The molecule has 0 aliphatic rings. The smallest absolute Gasteiger partial charge is 0.191 e. The molecule has 5 nitrogen and oxygen atoms in total. The van der Waals surface area contributed by atoms with Gasteiger partial charge in [0.05, 0.1) is 5.01 Å². The summed E-state index contributed by atoms with van der Waals surface area (Å²) in [5, 5.41) is 10.3. The lowest BCUT2D eigenvalue weighted by Crippen LogP contribution is -2.42. The van der Waals surface area contributed by atoms with Crippen molar-refractivity contribution in [3.63, 3.8) is 0 Å². The molecule has 1 aromatic rings. The molecule has 2 N–H and O–H groups in total. The average molecular weight is 496 g/mol. The van der Waals surface area contributed by atoms with Crippen molar-refractivity contribution >= 4 is 41.3 Å². The number of thiazole rings is 1. The van der Waals surface area contributed by atoms with Gasteiger partial charge in [-0.3, -0.25) is 4.99 Å². The van der Waals surface area contributed by atoms with Crippen LogP contribution in [0.3, 0.4) is 0 Å². The molecule has 1 atom stereocenters. The number of nitrogens with zero attached hydrogens (tertiary/aromatic N) is 3. The van der Waals surface area contributed by atoms with Crippen LogP contribution in [0.2, 0.25) is 0 Å². The van der Waals surface area contributed by atoms with E-state index in [1.807, 2.05) is 7.05 Å². The summed E-state index contributed by atoms with van der Waals surface area (Å²) in [4.78, 5) is 11.3. The molecule has 0 bridgehead atoms. The van der Waals surface area contributed by atoms with E-state index in [0.717, 1.165) is 50.6 Å². The van der Waals surface area contributed by atoms with Crippen molar-refractivity contribution in [2.45, 2.75) is 65.8 Å². The molecular formula is C19H38IN5S. The number of aryl methyl sites for hydroxylation is 2. The number of aromatic nitrogens is 1. The van der Waals surface area contributed by atoms with Crippen molar-refractivity contribution in [2.75, 3.05) is 33.2 Å². The number of halogens is 1. The number of unbranched alkanes of at least 4 members (excludes halogenated alkanes) is 1. The van der Waals surface area contributed by atoms with Gasteiger partial charge in [-0.15, -0.1) is 35.3 Å². The largest absolute Gasteiger partial charge is 0.356 e. The monoisotopic (exact) mass is 495 g/mol. The van der Waals surface area contributed by atoms with E-state index in [1.54, 1.807) is 11.3 Å². The second-order valence-corrected chi connectivity index (χ2v) is 7.50. The van der Waals surface area contributed by atoms with Gasteiger partial charge in [0, 0.05) is 30.7 Å². The zero-order chi connectivity index (χ0) is 18.5. The summed E-state index contributed by atoms with van der Waals surface area (Å²) in [6.45, 7) is 13.2. The van der Waals surface area contributed by atoms with Gasteiger partial charge < -0.3 is 15.5 Å². The Bertz CT molecular complexity index is 488. The fourth-order valence-corrected chi connectivity index (χ4v) is 3.60. The average Bonchev–Trinajstić information content (AvgIpc) is 3.02. The van der Waals surface area contributed by atoms with Crippen LogP contribution < -0.4 is 10.6 Å². The minimum absolute atomic E-state index is 0. The van der Waals surface area contributed by atoms with Crippen molar-refractivity contribution in [1.82, 2.24) is 20.5 Å². The normalized spacial score (nSPS) is 12.8. The van der Waals surface area contributed by atoms with Crippen LogP contribution in [0.1, 0.15) is 57.2 Å². The Hall–Kier alpha value is -0.410. The van der Waals surface area contributed by atoms with Crippen molar-refractivity contribution in [3.8, 4) is 0 Å². The molecule has 1 unspecified atom stereocenters. The molecule has 1 heterocycles. The zero-order valence-electron chi connectivity index (χ0n) is 17.2. The third-order valence-corrected chi connectivity index (χ3v) is 5.42. The fourth-order valence-electron chi connectivity index (χ4n) is 2.79. The molecule has 152 valence electrons. The molecule has 0 fully saturated rings. The zero-order valence-corrected chi connectivity index (χ0v) is 20.3. The molecule has 0 spiro atoms. The van der Waals surface area contributed by atoms with Crippen LogP contribution in [-0.4, -0.2) is 55.1 Å². The predicted octanol–water partition coefficient (Wildman–Crippen LogP) is 4.07. The van der Waals surface area contributed by atoms with Gasteiger partial charge in [0.25, 0.3) is 0 Å². The van der Waals surface area contributed by atoms with Gasteiger partial charge in [-0.1, -0.05) is 13.8 Å². The molecule has 0 aliphatic heterocycles. The lowest BCUT2D eigenvalue weighted by molar-refractivity contribution is 0.292. The van der Waals surface area contributed by atoms with Gasteiger partial charge in [0.2, 0.25) is 0 Å². The van der Waals surface area contributed by atoms with Crippen LogP contribution in [0, 0.1) is 6.92 Å².